The third-order valence-electron chi connectivity index (χ3n) is 11.9. The van der Waals surface area contributed by atoms with Gasteiger partial charge in [0, 0.05) is 19.1 Å². The Morgan fingerprint density at radius 2 is 1.54 bits per heavy atom. The van der Waals surface area contributed by atoms with Gasteiger partial charge in [0.15, 0.2) is 0 Å². The Morgan fingerprint density at radius 1 is 0.714 bits per heavy atom. The Kier molecular flexibility index (Phi) is 4.50. The van der Waals surface area contributed by atoms with E-state index in [0.29, 0.717) is 0 Å². The van der Waals surface area contributed by atoms with Gasteiger partial charge in [-0.15, -0.1) is 0 Å². The van der Waals surface area contributed by atoms with Crippen LogP contribution < -0.4 is 0 Å². The molecule has 0 aromatic heterocycles. The largest absolute Gasteiger partial charge is 0.300 e. The number of hydrogen-bond acceptors (Lipinski definition) is 1. The van der Waals surface area contributed by atoms with Crippen molar-refractivity contribution in [1.29, 1.82) is 0 Å². The zero-order valence-corrected chi connectivity index (χ0v) is 18.9. The van der Waals surface area contributed by atoms with Crippen molar-refractivity contribution in [2.75, 3.05) is 13.1 Å². The van der Waals surface area contributed by atoms with Gasteiger partial charge < -0.3 is 0 Å². The van der Waals surface area contributed by atoms with Crippen LogP contribution in [0.25, 0.3) is 0 Å². The van der Waals surface area contributed by atoms with Crippen LogP contribution in [0.4, 0.5) is 0 Å². The van der Waals surface area contributed by atoms with Crippen molar-refractivity contribution in [3.05, 3.63) is 0 Å². The SMILES string of the molecule is C[C@H]1CC[C@H]2[C@H](C)[C@H]3CC[C@@H]4[C@@H](C[C@H]5[C@H]4CC[C@H]4CCCC[C@@]45C)[C@@H]3CN2C1. The van der Waals surface area contributed by atoms with Crippen LogP contribution in [0.3, 0.4) is 0 Å². The Bertz CT molecular complexity index is 597. The zero-order chi connectivity index (χ0) is 19.0. The Morgan fingerprint density at radius 3 is 2.43 bits per heavy atom. The van der Waals surface area contributed by atoms with E-state index in [0.717, 1.165) is 64.7 Å². The molecule has 158 valence electrons. The van der Waals surface area contributed by atoms with E-state index in [1.165, 1.54) is 38.8 Å². The van der Waals surface area contributed by atoms with Gasteiger partial charge in [-0.3, -0.25) is 4.90 Å². The monoisotopic (exact) mass is 383 g/mol. The van der Waals surface area contributed by atoms with Crippen LogP contribution in [0, 0.1) is 58.7 Å². The maximum Gasteiger partial charge on any atom is 0.0124 e. The average Bonchev–Trinajstić information content (AvgIpc) is 3.08. The molecule has 2 saturated heterocycles. The van der Waals surface area contributed by atoms with Crippen molar-refractivity contribution in [2.45, 2.75) is 97.4 Å². The predicted molar refractivity (Wildman–Crippen MR) is 117 cm³/mol. The molecule has 6 rings (SSSR count). The molecule has 1 heteroatoms. The third-order valence-corrected chi connectivity index (χ3v) is 11.9. The normalized spacial score (nSPS) is 58.8. The van der Waals surface area contributed by atoms with Crippen LogP contribution in [-0.2, 0) is 0 Å². The Balaban J connectivity index is 1.27. The van der Waals surface area contributed by atoms with Gasteiger partial charge in [-0.2, -0.15) is 0 Å². The minimum atomic E-state index is 0.719. The molecule has 1 nitrogen and oxygen atoms in total. The van der Waals surface area contributed by atoms with Gasteiger partial charge in [0.25, 0.3) is 0 Å². The molecule has 0 aromatic carbocycles. The first-order valence-electron chi connectivity index (χ1n) is 13.3. The number of hydrogen-bond donors (Lipinski definition) is 0. The maximum absolute atomic E-state index is 3.00. The maximum atomic E-state index is 3.00. The van der Waals surface area contributed by atoms with E-state index in [-0.39, 0.29) is 0 Å². The highest BCUT2D eigenvalue weighted by Crippen LogP contribution is 2.67. The van der Waals surface area contributed by atoms with E-state index < -0.39 is 0 Å². The predicted octanol–water partition coefficient (Wildman–Crippen LogP) is 6.62. The summed E-state index contributed by atoms with van der Waals surface area (Å²) in [6.45, 7) is 10.8. The van der Waals surface area contributed by atoms with Gasteiger partial charge >= 0.3 is 0 Å². The molecule has 4 saturated carbocycles. The molecular weight excluding hydrogens is 338 g/mol. The lowest BCUT2D eigenvalue weighted by atomic mass is 9.52. The molecule has 0 spiro atoms. The van der Waals surface area contributed by atoms with Crippen LogP contribution in [0.1, 0.15) is 91.4 Å². The topological polar surface area (TPSA) is 3.24 Å². The average molecular weight is 384 g/mol. The van der Waals surface area contributed by atoms with Crippen molar-refractivity contribution in [2.24, 2.45) is 58.7 Å². The summed E-state index contributed by atoms with van der Waals surface area (Å²) in [5.41, 5.74) is 0.719. The summed E-state index contributed by atoms with van der Waals surface area (Å²) < 4.78 is 0. The van der Waals surface area contributed by atoms with Crippen LogP contribution in [0.2, 0.25) is 0 Å². The highest BCUT2D eigenvalue weighted by atomic mass is 15.2. The van der Waals surface area contributed by atoms with Crippen LogP contribution in [-0.4, -0.2) is 24.0 Å². The van der Waals surface area contributed by atoms with Crippen LogP contribution >= 0.6 is 0 Å². The second-order valence-electron chi connectivity index (χ2n) is 12.8. The lowest BCUT2D eigenvalue weighted by Crippen LogP contribution is -2.58. The van der Waals surface area contributed by atoms with Crippen LogP contribution in [0.5, 0.6) is 0 Å². The van der Waals surface area contributed by atoms with Gasteiger partial charge in [-0.1, -0.05) is 33.6 Å². The molecule has 0 amide bonds. The van der Waals surface area contributed by atoms with Gasteiger partial charge in [0.2, 0.25) is 0 Å². The molecule has 6 fully saturated rings. The van der Waals surface area contributed by atoms with Gasteiger partial charge in [-0.05, 0) is 116 Å². The highest BCUT2D eigenvalue weighted by Gasteiger charge is 2.60. The number of piperidine rings is 2. The fourth-order valence-electron chi connectivity index (χ4n) is 10.6. The first-order valence-corrected chi connectivity index (χ1v) is 13.3. The van der Waals surface area contributed by atoms with Gasteiger partial charge in [0.1, 0.15) is 0 Å². The first kappa shape index (κ1) is 18.7. The lowest BCUT2D eigenvalue weighted by Gasteiger charge is -2.56. The fourth-order valence-corrected chi connectivity index (χ4v) is 10.6. The quantitative estimate of drug-likeness (QED) is 0.454. The smallest absolute Gasteiger partial charge is 0.0124 e. The molecule has 0 radical (unpaired) electrons. The zero-order valence-electron chi connectivity index (χ0n) is 18.9. The summed E-state index contributed by atoms with van der Waals surface area (Å²) in [7, 11) is 0. The summed E-state index contributed by atoms with van der Waals surface area (Å²) in [5.74, 6) is 9.49. The van der Waals surface area contributed by atoms with E-state index >= 15 is 0 Å². The Hall–Kier alpha value is -0.0400. The first-order chi connectivity index (χ1) is 13.6. The van der Waals surface area contributed by atoms with Crippen molar-refractivity contribution in [3.8, 4) is 0 Å². The van der Waals surface area contributed by atoms with E-state index in [4.69, 9.17) is 0 Å². The van der Waals surface area contributed by atoms with Crippen molar-refractivity contribution in [3.63, 3.8) is 0 Å². The summed E-state index contributed by atoms with van der Waals surface area (Å²) in [5, 5.41) is 0. The van der Waals surface area contributed by atoms with Crippen LogP contribution in [0.15, 0.2) is 0 Å². The summed E-state index contributed by atoms with van der Waals surface area (Å²) in [4.78, 5) is 3.00. The van der Waals surface area contributed by atoms with E-state index in [9.17, 15) is 0 Å². The standard InChI is InChI=1S/C27H45N/c1-17-7-12-26-18(2)20-10-11-21-22-9-8-19-6-4-5-13-27(19,3)25(22)14-23(21)24(20)16-28(26)15-17/h17-26H,4-16H2,1-3H3/t17-,18+,19+,20+,21-,22-,23+,24+,25-,26-,27-/m0/s1. The molecule has 0 N–H and O–H groups in total. The number of nitrogens with zero attached hydrogens (tertiary/aromatic N) is 1. The molecule has 4 aliphatic carbocycles. The molecule has 2 aliphatic heterocycles. The van der Waals surface area contributed by atoms with Crippen molar-refractivity contribution < 1.29 is 0 Å². The molecule has 6 aliphatic rings. The second-order valence-corrected chi connectivity index (χ2v) is 12.8. The molecule has 0 unspecified atom stereocenters. The summed E-state index contributed by atoms with van der Waals surface area (Å²) in [6.07, 6.45) is 17.1. The Labute approximate surface area is 174 Å². The summed E-state index contributed by atoms with van der Waals surface area (Å²) in [6, 6.07) is 0.929. The van der Waals surface area contributed by atoms with Gasteiger partial charge in [-0.25, -0.2) is 0 Å². The highest BCUT2D eigenvalue weighted by molar-refractivity contribution is 5.09. The third kappa shape index (κ3) is 2.59. The van der Waals surface area contributed by atoms with Crippen molar-refractivity contribution in [1.82, 2.24) is 4.90 Å². The summed E-state index contributed by atoms with van der Waals surface area (Å²) >= 11 is 0. The lowest BCUT2D eigenvalue weighted by molar-refractivity contribution is -0.0728. The molecule has 0 aromatic rings. The number of rotatable bonds is 0. The van der Waals surface area contributed by atoms with E-state index in [1.54, 1.807) is 44.9 Å². The molecule has 0 bridgehead atoms. The van der Waals surface area contributed by atoms with E-state index in [2.05, 4.69) is 25.7 Å². The fraction of sp³-hybridized carbons (Fsp3) is 1.00. The minimum absolute atomic E-state index is 0.719. The molecule has 2 heterocycles. The molecule has 11 atom stereocenters. The molecule has 28 heavy (non-hydrogen) atoms. The van der Waals surface area contributed by atoms with Crippen molar-refractivity contribution >= 4 is 0 Å². The van der Waals surface area contributed by atoms with Gasteiger partial charge in [0.05, 0.1) is 0 Å². The number of fused-ring (bicyclic) bond motifs is 8. The van der Waals surface area contributed by atoms with E-state index in [1.807, 2.05) is 0 Å². The minimum Gasteiger partial charge on any atom is -0.300 e. The second kappa shape index (κ2) is 6.73. The molecular formula is C27H45N.